The number of hydrogen-bond acceptors (Lipinski definition) is 7. The largest absolute Gasteiger partial charge is 0.454 e. The lowest BCUT2D eigenvalue weighted by atomic mass is 10.0. The first-order chi connectivity index (χ1) is 19.2. The first-order valence-electron chi connectivity index (χ1n) is 13.0. The average Bonchev–Trinajstić information content (AvgIpc) is 3.73. The highest BCUT2D eigenvalue weighted by Crippen LogP contribution is 2.43. The van der Waals surface area contributed by atoms with E-state index >= 15 is 0 Å². The van der Waals surface area contributed by atoms with Gasteiger partial charge in [0.1, 0.15) is 11.6 Å². The van der Waals surface area contributed by atoms with Crippen molar-refractivity contribution in [3.8, 4) is 28.7 Å². The van der Waals surface area contributed by atoms with Crippen molar-refractivity contribution < 1.29 is 28.5 Å². The van der Waals surface area contributed by atoms with Crippen LogP contribution in [0, 0.1) is 0 Å². The van der Waals surface area contributed by atoms with Gasteiger partial charge in [0.15, 0.2) is 23.0 Å². The van der Waals surface area contributed by atoms with E-state index in [2.05, 4.69) is 16.5 Å². The zero-order valence-corrected chi connectivity index (χ0v) is 21.7. The van der Waals surface area contributed by atoms with Crippen molar-refractivity contribution in [1.29, 1.82) is 0 Å². The van der Waals surface area contributed by atoms with Crippen molar-refractivity contribution in [3.05, 3.63) is 90.0 Å². The van der Waals surface area contributed by atoms with E-state index in [1.165, 1.54) is 0 Å². The number of anilines is 1. The third-order valence-electron chi connectivity index (χ3n) is 6.76. The van der Waals surface area contributed by atoms with E-state index in [9.17, 15) is 4.79 Å². The molecule has 0 unspecified atom stereocenters. The van der Waals surface area contributed by atoms with Crippen LogP contribution in [0.25, 0.3) is 0 Å². The molecule has 3 aromatic carbocycles. The molecule has 0 fully saturated rings. The van der Waals surface area contributed by atoms with Gasteiger partial charge in [-0.2, -0.15) is 0 Å². The number of benzene rings is 3. The highest BCUT2D eigenvalue weighted by Gasteiger charge is 2.27. The van der Waals surface area contributed by atoms with Gasteiger partial charge in [0, 0.05) is 36.6 Å². The summed E-state index contributed by atoms with van der Waals surface area (Å²) < 4.78 is 30.6. The molecule has 0 aliphatic carbocycles. The number of fused-ring (bicyclic) bond motifs is 2. The summed E-state index contributed by atoms with van der Waals surface area (Å²) in [7, 11) is 0. The molecular formula is C30H29N3O6. The second-order valence-corrected chi connectivity index (χ2v) is 9.32. The maximum atomic E-state index is 13.8. The predicted molar refractivity (Wildman–Crippen MR) is 144 cm³/mol. The number of amides is 1. The summed E-state index contributed by atoms with van der Waals surface area (Å²) in [4.78, 5) is 19.9. The molecule has 200 valence electrons. The first kappa shape index (κ1) is 24.7. The zero-order chi connectivity index (χ0) is 26.6. The van der Waals surface area contributed by atoms with E-state index in [-0.39, 0.29) is 20.1 Å². The molecule has 2 aliphatic rings. The van der Waals surface area contributed by atoms with Crippen LogP contribution in [0.15, 0.2) is 73.1 Å². The molecule has 9 heteroatoms. The van der Waals surface area contributed by atoms with Crippen molar-refractivity contribution in [1.82, 2.24) is 9.55 Å². The molecule has 6 rings (SSSR count). The fraction of sp³-hybridized carbons (Fsp3) is 0.267. The van der Waals surface area contributed by atoms with Gasteiger partial charge in [-0.05, 0) is 48.4 Å². The van der Waals surface area contributed by atoms with Crippen molar-refractivity contribution in [2.75, 3.05) is 18.5 Å². The van der Waals surface area contributed by atoms with Crippen LogP contribution in [0.2, 0.25) is 0 Å². The van der Waals surface area contributed by atoms with Crippen molar-refractivity contribution in [2.45, 2.75) is 39.3 Å². The van der Waals surface area contributed by atoms with Crippen LogP contribution in [0.4, 0.5) is 10.5 Å². The van der Waals surface area contributed by atoms with E-state index in [0.29, 0.717) is 40.9 Å². The molecular weight excluding hydrogens is 498 g/mol. The summed E-state index contributed by atoms with van der Waals surface area (Å²) in [6, 6.07) is 18.7. The second kappa shape index (κ2) is 11.0. The van der Waals surface area contributed by atoms with Crippen LogP contribution in [-0.2, 0) is 19.5 Å². The number of para-hydroxylation sites is 1. The average molecular weight is 528 g/mol. The molecule has 2 aliphatic heterocycles. The van der Waals surface area contributed by atoms with Gasteiger partial charge < -0.3 is 28.3 Å². The molecule has 0 atom stereocenters. The third-order valence-corrected chi connectivity index (χ3v) is 6.76. The Bertz CT molecular complexity index is 1470. The number of carbonyl (C=O) groups is 1. The molecule has 9 nitrogen and oxygen atoms in total. The molecule has 0 N–H and O–H groups in total. The van der Waals surface area contributed by atoms with Crippen LogP contribution in [0.1, 0.15) is 36.7 Å². The Morgan fingerprint density at radius 1 is 0.974 bits per heavy atom. The highest BCUT2D eigenvalue weighted by atomic mass is 16.7. The van der Waals surface area contributed by atoms with E-state index in [4.69, 9.17) is 23.7 Å². The quantitative estimate of drug-likeness (QED) is 0.266. The Balaban J connectivity index is 1.30. The summed E-state index contributed by atoms with van der Waals surface area (Å²) >= 11 is 0. The molecule has 1 aromatic heterocycles. The number of ether oxygens (including phenoxy) is 5. The number of carbonyl (C=O) groups excluding carboxylic acids is 1. The van der Waals surface area contributed by atoms with Crippen LogP contribution >= 0.6 is 0 Å². The zero-order valence-electron chi connectivity index (χ0n) is 21.7. The second-order valence-electron chi connectivity index (χ2n) is 9.32. The van der Waals surface area contributed by atoms with Crippen molar-refractivity contribution in [3.63, 3.8) is 0 Å². The third kappa shape index (κ3) is 5.20. The molecule has 3 heterocycles. The molecule has 39 heavy (non-hydrogen) atoms. The Labute approximate surface area is 226 Å². The number of unbranched alkanes of at least 4 members (excludes halogenated alkanes) is 1. The van der Waals surface area contributed by atoms with E-state index in [0.717, 1.165) is 36.3 Å². The SMILES string of the molecule is CCCCn1ccnc1CN(C(=O)Oc1ccc2c(c1Cc1ccc3c(c1)OCO3)OCO2)c1ccccc1. The molecule has 0 saturated carbocycles. The van der Waals surface area contributed by atoms with Crippen LogP contribution < -0.4 is 28.6 Å². The monoisotopic (exact) mass is 527 g/mol. The maximum absolute atomic E-state index is 13.8. The van der Waals surface area contributed by atoms with Gasteiger partial charge >= 0.3 is 6.09 Å². The number of aryl methyl sites for hydroxylation is 1. The molecule has 0 spiro atoms. The van der Waals surface area contributed by atoms with Crippen LogP contribution in [-0.4, -0.2) is 29.2 Å². The van der Waals surface area contributed by atoms with E-state index in [1.807, 2.05) is 54.7 Å². The minimum atomic E-state index is -0.517. The number of nitrogens with zero attached hydrogens (tertiary/aromatic N) is 3. The summed E-state index contributed by atoms with van der Waals surface area (Å²) in [5.74, 6) is 3.76. The summed E-state index contributed by atoms with van der Waals surface area (Å²) in [5, 5.41) is 0. The lowest BCUT2D eigenvalue weighted by molar-refractivity contribution is 0.173. The van der Waals surface area contributed by atoms with Crippen molar-refractivity contribution >= 4 is 11.8 Å². The number of hydrogen-bond donors (Lipinski definition) is 0. The standard InChI is InChI=1S/C30H29N3O6/c1-2-3-14-32-15-13-31-28(32)18-33(22-7-5-4-6-8-22)30(34)39-24-11-12-26-29(38-20-36-26)23(24)16-21-9-10-25-27(17-21)37-19-35-25/h4-13,15,17H,2-3,14,16,18-20H2,1H3. The van der Waals surface area contributed by atoms with Gasteiger partial charge in [-0.1, -0.05) is 37.6 Å². The van der Waals surface area contributed by atoms with Crippen LogP contribution in [0.5, 0.6) is 28.7 Å². The summed E-state index contributed by atoms with van der Waals surface area (Å²) in [5.41, 5.74) is 2.39. The van der Waals surface area contributed by atoms with Gasteiger partial charge in [-0.3, -0.25) is 4.90 Å². The molecule has 0 bridgehead atoms. The van der Waals surface area contributed by atoms with Gasteiger partial charge in [0.25, 0.3) is 0 Å². The van der Waals surface area contributed by atoms with Gasteiger partial charge in [-0.15, -0.1) is 0 Å². The summed E-state index contributed by atoms with van der Waals surface area (Å²) in [6.45, 7) is 3.56. The van der Waals surface area contributed by atoms with E-state index < -0.39 is 6.09 Å². The molecule has 0 saturated heterocycles. The lowest BCUT2D eigenvalue weighted by Crippen LogP contribution is -2.34. The minimum absolute atomic E-state index is 0.109. The molecule has 1 amide bonds. The Hall–Kier alpha value is -4.66. The smallest absolute Gasteiger partial charge is 0.420 e. The van der Waals surface area contributed by atoms with Gasteiger partial charge in [-0.25, -0.2) is 9.78 Å². The normalized spacial score (nSPS) is 12.9. The Kier molecular flexibility index (Phi) is 6.95. The maximum Gasteiger partial charge on any atom is 0.420 e. The Morgan fingerprint density at radius 3 is 2.64 bits per heavy atom. The number of aromatic nitrogens is 2. The Morgan fingerprint density at radius 2 is 1.77 bits per heavy atom. The number of imidazole rings is 1. The molecule has 4 aromatic rings. The first-order valence-corrected chi connectivity index (χ1v) is 13.0. The lowest BCUT2D eigenvalue weighted by Gasteiger charge is -2.23. The number of rotatable bonds is 9. The van der Waals surface area contributed by atoms with Gasteiger partial charge in [0.2, 0.25) is 13.6 Å². The topological polar surface area (TPSA) is 84.3 Å². The molecule has 0 radical (unpaired) electrons. The minimum Gasteiger partial charge on any atom is -0.454 e. The van der Waals surface area contributed by atoms with E-state index in [1.54, 1.807) is 23.2 Å². The van der Waals surface area contributed by atoms with Crippen LogP contribution in [0.3, 0.4) is 0 Å². The fourth-order valence-electron chi connectivity index (χ4n) is 4.71. The van der Waals surface area contributed by atoms with Gasteiger partial charge in [0.05, 0.1) is 6.54 Å². The fourth-order valence-corrected chi connectivity index (χ4v) is 4.71. The summed E-state index contributed by atoms with van der Waals surface area (Å²) in [6.07, 6.45) is 5.73. The van der Waals surface area contributed by atoms with Crippen molar-refractivity contribution in [2.24, 2.45) is 0 Å². The predicted octanol–water partition coefficient (Wildman–Crippen LogP) is 5.94. The highest BCUT2D eigenvalue weighted by molar-refractivity contribution is 5.89.